The smallest absolute Gasteiger partial charge is 0.406 e. The summed E-state index contributed by atoms with van der Waals surface area (Å²) in [6.45, 7) is 4.48. The zero-order valence-corrected chi connectivity index (χ0v) is 21.0. The molecule has 0 saturated carbocycles. The lowest BCUT2D eigenvalue weighted by Crippen LogP contribution is -2.46. The van der Waals surface area contributed by atoms with Gasteiger partial charge in [0, 0.05) is 18.8 Å². The lowest BCUT2D eigenvalue weighted by atomic mass is 10.2. The molecule has 1 fully saturated rings. The van der Waals surface area contributed by atoms with Crippen molar-refractivity contribution in [3.8, 4) is 5.75 Å². The molecule has 0 amide bonds. The number of anilines is 3. The molecule has 9 nitrogen and oxygen atoms in total. The van der Waals surface area contributed by atoms with Gasteiger partial charge < -0.3 is 19.7 Å². The molecule has 40 heavy (non-hydrogen) atoms. The number of morpholine rings is 1. The first-order chi connectivity index (χ1) is 18.7. The highest BCUT2D eigenvalue weighted by Crippen LogP contribution is 2.34. The van der Waals surface area contributed by atoms with E-state index >= 15 is 0 Å². The largest absolute Gasteiger partial charge is 0.573 e. The molecule has 0 bridgehead atoms. The number of hydrogen-bond acceptors (Lipinski definition) is 9. The summed E-state index contributed by atoms with van der Waals surface area (Å²) in [6.07, 6.45) is -10.1. The second kappa shape index (κ2) is 11.6. The molecule has 1 saturated heterocycles. The number of nitrogens with zero attached hydrogens (tertiary/aromatic N) is 6. The van der Waals surface area contributed by atoms with Crippen LogP contribution in [0.15, 0.2) is 52.7 Å². The van der Waals surface area contributed by atoms with Gasteiger partial charge in [0.15, 0.2) is 0 Å². The number of nitrogens with one attached hydrogen (secondary N) is 1. The molecule has 0 spiro atoms. The van der Waals surface area contributed by atoms with Crippen LogP contribution in [0.25, 0.3) is 0 Å². The van der Waals surface area contributed by atoms with Crippen LogP contribution in [0.2, 0.25) is 0 Å². The Bertz CT molecular complexity index is 1340. The number of halogens is 7. The molecule has 0 aliphatic carbocycles. The highest BCUT2D eigenvalue weighted by molar-refractivity contribution is 5.57. The molecule has 16 heteroatoms. The van der Waals surface area contributed by atoms with Gasteiger partial charge in [-0.3, -0.25) is 0 Å². The molecular weight excluding hydrogens is 551 g/mol. The van der Waals surface area contributed by atoms with E-state index < -0.39 is 29.7 Å². The van der Waals surface area contributed by atoms with Gasteiger partial charge in [-0.25, -0.2) is 4.39 Å². The summed E-state index contributed by atoms with van der Waals surface area (Å²) in [7, 11) is 0. The Kier molecular flexibility index (Phi) is 8.37. The van der Waals surface area contributed by atoms with E-state index in [0.717, 1.165) is 18.2 Å². The SMILES string of the molecule is CC1CN(c2nc(N=NCc3ccc(OC(F)(F)F)cc3)nc(Nc3ccc(F)c(C(F)(F)F)c3)n2)CC(C)O1. The molecule has 4 rings (SSSR count). The summed E-state index contributed by atoms with van der Waals surface area (Å²) >= 11 is 0. The zero-order valence-electron chi connectivity index (χ0n) is 21.0. The average molecular weight is 573 g/mol. The fourth-order valence-corrected chi connectivity index (χ4v) is 3.86. The topological polar surface area (TPSA) is 97.1 Å². The van der Waals surface area contributed by atoms with Crippen LogP contribution in [0, 0.1) is 5.82 Å². The predicted octanol–water partition coefficient (Wildman–Crippen LogP) is 6.57. The van der Waals surface area contributed by atoms with Crippen LogP contribution >= 0.6 is 0 Å². The molecule has 1 aliphatic rings. The number of rotatable bonds is 7. The van der Waals surface area contributed by atoms with E-state index in [1.165, 1.54) is 12.1 Å². The van der Waals surface area contributed by atoms with Crippen molar-refractivity contribution in [1.82, 2.24) is 15.0 Å². The third-order valence-electron chi connectivity index (χ3n) is 5.41. The van der Waals surface area contributed by atoms with E-state index in [4.69, 9.17) is 4.74 Å². The lowest BCUT2D eigenvalue weighted by Gasteiger charge is -2.35. The summed E-state index contributed by atoms with van der Waals surface area (Å²) in [5.41, 5.74) is -1.08. The number of hydrogen-bond donors (Lipinski definition) is 1. The molecule has 1 N–H and O–H groups in total. The van der Waals surface area contributed by atoms with E-state index in [9.17, 15) is 30.7 Å². The summed E-state index contributed by atoms with van der Waals surface area (Å²) < 4.78 is 99.8. The molecular formula is C24H22F7N7O2. The first-order valence-electron chi connectivity index (χ1n) is 11.8. The molecule has 1 aromatic heterocycles. The first-order valence-corrected chi connectivity index (χ1v) is 11.8. The Morgan fingerprint density at radius 2 is 1.65 bits per heavy atom. The monoisotopic (exact) mass is 573 g/mol. The number of alkyl halides is 6. The minimum atomic E-state index is -4.91. The van der Waals surface area contributed by atoms with Crippen LogP contribution in [0.4, 0.5) is 54.3 Å². The molecule has 2 heterocycles. The van der Waals surface area contributed by atoms with Crippen molar-refractivity contribution in [2.45, 2.75) is 45.1 Å². The van der Waals surface area contributed by atoms with Crippen LogP contribution in [-0.2, 0) is 17.5 Å². The third kappa shape index (κ3) is 7.97. The van der Waals surface area contributed by atoms with E-state index in [-0.39, 0.29) is 42.3 Å². The van der Waals surface area contributed by atoms with Gasteiger partial charge in [-0.05, 0) is 49.7 Å². The molecule has 214 valence electrons. The second-order valence-electron chi connectivity index (χ2n) is 8.83. The maximum absolute atomic E-state index is 13.7. The fraction of sp³-hybridized carbons (Fsp3) is 0.375. The maximum Gasteiger partial charge on any atom is 0.573 e. The highest BCUT2D eigenvalue weighted by atomic mass is 19.4. The average Bonchev–Trinajstić information content (AvgIpc) is 2.84. The number of ether oxygens (including phenoxy) is 2. The van der Waals surface area contributed by atoms with Gasteiger partial charge in [0.2, 0.25) is 11.9 Å². The van der Waals surface area contributed by atoms with E-state index in [2.05, 4.69) is 35.2 Å². The minimum absolute atomic E-state index is 0.0470. The maximum atomic E-state index is 13.7. The van der Waals surface area contributed by atoms with Gasteiger partial charge in [-0.15, -0.1) is 18.3 Å². The van der Waals surface area contributed by atoms with Crippen molar-refractivity contribution < 1.29 is 40.2 Å². The summed E-state index contributed by atoms with van der Waals surface area (Å²) in [6, 6.07) is 7.35. The van der Waals surface area contributed by atoms with E-state index in [1.807, 2.05) is 13.8 Å². The summed E-state index contributed by atoms with van der Waals surface area (Å²) in [5, 5.41) is 10.6. The van der Waals surface area contributed by atoms with Gasteiger partial charge in [0.25, 0.3) is 5.95 Å². The van der Waals surface area contributed by atoms with E-state index in [1.54, 1.807) is 4.90 Å². The van der Waals surface area contributed by atoms with Crippen molar-refractivity contribution in [1.29, 1.82) is 0 Å². The van der Waals surface area contributed by atoms with Gasteiger partial charge in [0.05, 0.1) is 24.3 Å². The fourth-order valence-electron chi connectivity index (χ4n) is 3.86. The molecule has 2 unspecified atom stereocenters. The molecule has 2 aromatic carbocycles. The van der Waals surface area contributed by atoms with Crippen molar-refractivity contribution >= 4 is 23.5 Å². The summed E-state index contributed by atoms with van der Waals surface area (Å²) in [5.74, 6) is -2.03. The number of azo groups is 1. The minimum Gasteiger partial charge on any atom is -0.406 e. The predicted molar refractivity (Wildman–Crippen MR) is 128 cm³/mol. The van der Waals surface area contributed by atoms with Crippen LogP contribution in [0.5, 0.6) is 5.75 Å². The van der Waals surface area contributed by atoms with Crippen LogP contribution in [-0.4, -0.2) is 46.6 Å². The van der Waals surface area contributed by atoms with Gasteiger partial charge in [0.1, 0.15) is 11.6 Å². The Morgan fingerprint density at radius 3 is 2.27 bits per heavy atom. The standard InChI is InChI=1S/C24H22F7N7O2/c1-13-11-38(12-14(2)39-13)22-35-20(33-16-5-8-19(25)18(9-16)23(26,27)28)34-21(36-22)37-32-10-15-3-6-17(7-4-15)40-24(29,30)31/h3-9,13-14H,10-12H2,1-2H3,(H,33,34,35,36). The zero-order chi connectivity index (χ0) is 29.1. The van der Waals surface area contributed by atoms with Crippen molar-refractivity contribution in [2.75, 3.05) is 23.3 Å². The third-order valence-corrected chi connectivity index (χ3v) is 5.41. The first kappa shape index (κ1) is 28.9. The van der Waals surface area contributed by atoms with Crippen LogP contribution in [0.3, 0.4) is 0 Å². The van der Waals surface area contributed by atoms with Crippen molar-refractivity contribution in [3.05, 3.63) is 59.4 Å². The van der Waals surface area contributed by atoms with Gasteiger partial charge in [-0.2, -0.15) is 33.2 Å². The molecule has 3 aromatic rings. The molecule has 2 atom stereocenters. The van der Waals surface area contributed by atoms with Gasteiger partial charge >= 0.3 is 12.5 Å². The quantitative estimate of drug-likeness (QED) is 0.252. The summed E-state index contributed by atoms with van der Waals surface area (Å²) in [4.78, 5) is 14.5. The van der Waals surface area contributed by atoms with Crippen LogP contribution < -0.4 is 15.0 Å². The molecule has 1 aliphatic heterocycles. The van der Waals surface area contributed by atoms with Gasteiger partial charge in [-0.1, -0.05) is 12.1 Å². The Labute approximate surface area is 223 Å². The van der Waals surface area contributed by atoms with Crippen molar-refractivity contribution in [2.24, 2.45) is 10.2 Å². The normalized spacial score (nSPS) is 18.3. The number of benzene rings is 2. The Morgan fingerprint density at radius 1 is 0.975 bits per heavy atom. The lowest BCUT2D eigenvalue weighted by molar-refractivity contribution is -0.274. The Hall–Kier alpha value is -4.08. The molecule has 0 radical (unpaired) electrons. The van der Waals surface area contributed by atoms with Crippen LogP contribution in [0.1, 0.15) is 25.0 Å². The highest BCUT2D eigenvalue weighted by Gasteiger charge is 2.34. The van der Waals surface area contributed by atoms with Crippen molar-refractivity contribution in [3.63, 3.8) is 0 Å². The number of aromatic nitrogens is 3. The second-order valence-corrected chi connectivity index (χ2v) is 8.83. The Balaban J connectivity index is 1.58. The van der Waals surface area contributed by atoms with E-state index in [0.29, 0.717) is 30.8 Å².